The van der Waals surface area contributed by atoms with Crippen LogP contribution < -0.4 is 4.74 Å². The number of aromatic nitrogens is 2. The first-order valence-corrected chi connectivity index (χ1v) is 12.2. The van der Waals surface area contributed by atoms with Gasteiger partial charge in [-0.05, 0) is 50.3 Å². The number of piperidine rings is 1. The SMILES string of the molecule is Cc1cc(Oc2ccccc2)nc(C2CCN(C(=O)C3(c4ccccc4)CCOCC3)CC2)n1. The van der Waals surface area contributed by atoms with E-state index in [2.05, 4.69) is 12.1 Å². The van der Waals surface area contributed by atoms with Crippen molar-refractivity contribution < 1.29 is 14.3 Å². The van der Waals surface area contributed by atoms with Gasteiger partial charge in [-0.1, -0.05) is 48.5 Å². The quantitative estimate of drug-likeness (QED) is 0.538. The number of likely N-dealkylation sites (tertiary alicyclic amines) is 1. The monoisotopic (exact) mass is 457 g/mol. The van der Waals surface area contributed by atoms with E-state index in [1.807, 2.05) is 66.4 Å². The highest BCUT2D eigenvalue weighted by molar-refractivity contribution is 5.88. The molecule has 0 aliphatic carbocycles. The molecule has 3 aromatic rings. The number of hydrogen-bond donors (Lipinski definition) is 0. The molecular formula is C28H31N3O3. The predicted octanol–water partition coefficient (Wildman–Crippen LogP) is 5.03. The molecule has 5 rings (SSSR count). The standard InChI is InChI=1S/C28H31N3O3/c1-21-20-25(34-24-10-6-3-7-11-24)30-26(29-21)22-12-16-31(17-13-22)27(32)28(14-18-33-19-15-28)23-8-4-2-5-9-23/h2-11,20,22H,12-19H2,1H3. The summed E-state index contributed by atoms with van der Waals surface area (Å²) in [6.07, 6.45) is 3.16. The van der Waals surface area contributed by atoms with E-state index in [1.54, 1.807) is 0 Å². The molecule has 0 spiro atoms. The lowest BCUT2D eigenvalue weighted by Gasteiger charge is -2.42. The van der Waals surface area contributed by atoms with Gasteiger partial charge in [-0.15, -0.1) is 0 Å². The van der Waals surface area contributed by atoms with Gasteiger partial charge >= 0.3 is 0 Å². The van der Waals surface area contributed by atoms with Gasteiger partial charge in [0, 0.05) is 44.0 Å². The second kappa shape index (κ2) is 9.94. The van der Waals surface area contributed by atoms with Crippen LogP contribution in [0.15, 0.2) is 66.7 Å². The van der Waals surface area contributed by atoms with E-state index in [-0.39, 0.29) is 11.8 Å². The Morgan fingerprint density at radius 2 is 1.62 bits per heavy atom. The minimum absolute atomic E-state index is 0.212. The normalized spacial score (nSPS) is 18.4. The summed E-state index contributed by atoms with van der Waals surface area (Å²) in [7, 11) is 0. The number of aryl methyl sites for hydroxylation is 1. The van der Waals surface area contributed by atoms with E-state index in [4.69, 9.17) is 19.4 Å². The highest BCUT2D eigenvalue weighted by Crippen LogP contribution is 2.38. The molecule has 0 saturated carbocycles. The predicted molar refractivity (Wildman–Crippen MR) is 130 cm³/mol. The van der Waals surface area contributed by atoms with E-state index >= 15 is 0 Å². The van der Waals surface area contributed by atoms with Crippen molar-refractivity contribution in [2.75, 3.05) is 26.3 Å². The molecule has 2 saturated heterocycles. The van der Waals surface area contributed by atoms with Gasteiger partial charge < -0.3 is 14.4 Å². The van der Waals surface area contributed by atoms with Gasteiger partial charge in [0.05, 0.1) is 5.41 Å². The van der Waals surface area contributed by atoms with Crippen LogP contribution in [0, 0.1) is 6.92 Å². The maximum absolute atomic E-state index is 13.8. The van der Waals surface area contributed by atoms with Crippen LogP contribution in [0.4, 0.5) is 0 Å². The lowest BCUT2D eigenvalue weighted by molar-refractivity contribution is -0.142. The third kappa shape index (κ3) is 4.68. The van der Waals surface area contributed by atoms with Crippen molar-refractivity contribution in [3.05, 3.63) is 83.8 Å². The summed E-state index contributed by atoms with van der Waals surface area (Å²) in [6.45, 7) is 4.64. The largest absolute Gasteiger partial charge is 0.439 e. The van der Waals surface area contributed by atoms with Crippen LogP contribution >= 0.6 is 0 Å². The highest BCUT2D eigenvalue weighted by Gasteiger charge is 2.44. The summed E-state index contributed by atoms with van der Waals surface area (Å²) in [5, 5.41) is 0. The van der Waals surface area contributed by atoms with Gasteiger partial charge in [0.2, 0.25) is 11.8 Å². The summed E-state index contributed by atoms with van der Waals surface area (Å²) in [6, 6.07) is 21.8. The zero-order valence-corrected chi connectivity index (χ0v) is 19.7. The Bertz CT molecular complexity index is 1110. The molecule has 0 atom stereocenters. The van der Waals surface area contributed by atoms with E-state index in [0.717, 1.165) is 48.5 Å². The van der Waals surface area contributed by atoms with Crippen LogP contribution in [0.3, 0.4) is 0 Å². The topological polar surface area (TPSA) is 64.5 Å². The minimum atomic E-state index is -0.483. The van der Waals surface area contributed by atoms with Crippen molar-refractivity contribution in [1.82, 2.24) is 14.9 Å². The number of carbonyl (C=O) groups excluding carboxylic acids is 1. The van der Waals surface area contributed by atoms with Gasteiger partial charge in [0.25, 0.3) is 0 Å². The number of ether oxygens (including phenoxy) is 2. The first-order chi connectivity index (χ1) is 16.6. The smallest absolute Gasteiger partial charge is 0.233 e. The molecule has 176 valence electrons. The number of amides is 1. The third-order valence-electron chi connectivity index (χ3n) is 7.04. The molecule has 0 N–H and O–H groups in total. The van der Waals surface area contributed by atoms with Crippen LogP contribution in [0.25, 0.3) is 0 Å². The van der Waals surface area contributed by atoms with Gasteiger partial charge in [-0.25, -0.2) is 4.98 Å². The lowest BCUT2D eigenvalue weighted by Crippen LogP contribution is -2.52. The van der Waals surface area contributed by atoms with E-state index in [1.165, 1.54) is 0 Å². The molecular weight excluding hydrogens is 426 g/mol. The number of hydrogen-bond acceptors (Lipinski definition) is 5. The van der Waals surface area contributed by atoms with Crippen molar-refractivity contribution in [2.24, 2.45) is 0 Å². The number of carbonyl (C=O) groups is 1. The molecule has 2 aliphatic heterocycles. The van der Waals surface area contributed by atoms with Gasteiger partial charge in [0.15, 0.2) is 0 Å². The average Bonchev–Trinajstić information content (AvgIpc) is 2.89. The molecule has 3 heterocycles. The summed E-state index contributed by atoms with van der Waals surface area (Å²) >= 11 is 0. The van der Waals surface area contributed by atoms with Crippen LogP contribution in [0.5, 0.6) is 11.6 Å². The first-order valence-electron chi connectivity index (χ1n) is 12.2. The van der Waals surface area contributed by atoms with Crippen LogP contribution in [-0.4, -0.2) is 47.1 Å². The van der Waals surface area contributed by atoms with Gasteiger partial charge in [-0.2, -0.15) is 4.98 Å². The fourth-order valence-corrected chi connectivity index (χ4v) is 5.15. The maximum Gasteiger partial charge on any atom is 0.233 e. The van der Waals surface area contributed by atoms with Crippen LogP contribution in [0.1, 0.15) is 48.7 Å². The molecule has 34 heavy (non-hydrogen) atoms. The summed E-state index contributed by atoms with van der Waals surface area (Å²) in [5.74, 6) is 2.58. The summed E-state index contributed by atoms with van der Waals surface area (Å²) in [5.41, 5.74) is 1.51. The molecule has 0 unspecified atom stereocenters. The number of para-hydroxylation sites is 1. The Labute approximate surface area is 201 Å². The fraction of sp³-hybridized carbons (Fsp3) is 0.393. The molecule has 0 bridgehead atoms. The molecule has 6 nitrogen and oxygen atoms in total. The average molecular weight is 458 g/mol. The van der Waals surface area contributed by atoms with Crippen molar-refractivity contribution in [3.8, 4) is 11.6 Å². The molecule has 2 fully saturated rings. The molecule has 1 aromatic heterocycles. The Kier molecular flexibility index (Phi) is 6.59. The van der Waals surface area contributed by atoms with Gasteiger partial charge in [0.1, 0.15) is 11.6 Å². The Morgan fingerprint density at radius 1 is 0.971 bits per heavy atom. The molecule has 6 heteroatoms. The van der Waals surface area contributed by atoms with E-state index < -0.39 is 5.41 Å². The molecule has 2 aliphatic rings. The van der Waals surface area contributed by atoms with Gasteiger partial charge in [-0.3, -0.25) is 4.79 Å². The number of benzene rings is 2. The Morgan fingerprint density at radius 3 is 2.29 bits per heavy atom. The van der Waals surface area contributed by atoms with Crippen LogP contribution in [-0.2, 0) is 14.9 Å². The summed E-state index contributed by atoms with van der Waals surface area (Å²) < 4.78 is 11.6. The van der Waals surface area contributed by atoms with Crippen molar-refractivity contribution >= 4 is 5.91 Å². The zero-order valence-electron chi connectivity index (χ0n) is 19.7. The second-order valence-electron chi connectivity index (χ2n) is 9.25. The molecule has 1 amide bonds. The maximum atomic E-state index is 13.8. The van der Waals surface area contributed by atoms with Crippen molar-refractivity contribution in [2.45, 2.75) is 43.9 Å². The van der Waals surface area contributed by atoms with E-state index in [9.17, 15) is 4.79 Å². The second-order valence-corrected chi connectivity index (χ2v) is 9.25. The molecule has 0 radical (unpaired) electrons. The lowest BCUT2D eigenvalue weighted by atomic mass is 9.72. The minimum Gasteiger partial charge on any atom is -0.439 e. The molecule has 2 aromatic carbocycles. The fourth-order valence-electron chi connectivity index (χ4n) is 5.15. The van der Waals surface area contributed by atoms with Crippen molar-refractivity contribution in [1.29, 1.82) is 0 Å². The Hall–Kier alpha value is -3.25. The third-order valence-corrected chi connectivity index (χ3v) is 7.04. The van der Waals surface area contributed by atoms with E-state index in [0.29, 0.717) is 32.2 Å². The van der Waals surface area contributed by atoms with Crippen molar-refractivity contribution in [3.63, 3.8) is 0 Å². The number of rotatable bonds is 5. The summed E-state index contributed by atoms with van der Waals surface area (Å²) in [4.78, 5) is 25.3. The van der Waals surface area contributed by atoms with Crippen LogP contribution in [0.2, 0.25) is 0 Å². The Balaban J connectivity index is 1.29. The highest BCUT2D eigenvalue weighted by atomic mass is 16.5. The first kappa shape index (κ1) is 22.5. The zero-order chi connectivity index (χ0) is 23.4. The number of nitrogens with zero attached hydrogens (tertiary/aromatic N) is 3.